The number of benzene rings is 2. The highest BCUT2D eigenvalue weighted by Gasteiger charge is 2.25. The van der Waals surface area contributed by atoms with Crippen LogP contribution >= 0.6 is 12.2 Å². The van der Waals surface area contributed by atoms with Crippen molar-refractivity contribution in [1.29, 1.82) is 0 Å². The van der Waals surface area contributed by atoms with Crippen molar-refractivity contribution in [2.45, 2.75) is 6.92 Å². The van der Waals surface area contributed by atoms with Crippen LogP contribution in [0, 0.1) is 10.1 Å². The molecule has 1 N–H and O–H groups in total. The Morgan fingerprint density at radius 2 is 1.83 bits per heavy atom. The minimum absolute atomic E-state index is 0.103. The Bertz CT molecular complexity index is 1080. The summed E-state index contributed by atoms with van der Waals surface area (Å²) in [5, 5.41) is 14.8. The summed E-state index contributed by atoms with van der Waals surface area (Å²) in [6.45, 7) is 7.38. The van der Waals surface area contributed by atoms with Gasteiger partial charge in [0.25, 0.3) is 11.6 Å². The summed E-state index contributed by atoms with van der Waals surface area (Å²) in [6.07, 6.45) is 0. The Balaban J connectivity index is 1.37. The van der Waals surface area contributed by atoms with Crippen LogP contribution in [0.4, 0.5) is 17.1 Å². The fourth-order valence-electron chi connectivity index (χ4n) is 4.23. The number of anilines is 2. The molecule has 0 spiro atoms. The first kappa shape index (κ1) is 24.7. The molecule has 0 bridgehead atoms. The second-order valence-electron chi connectivity index (χ2n) is 8.22. The van der Waals surface area contributed by atoms with Gasteiger partial charge in [-0.1, -0.05) is 6.07 Å². The van der Waals surface area contributed by atoms with Crippen molar-refractivity contribution in [1.82, 2.24) is 10.2 Å². The van der Waals surface area contributed by atoms with Gasteiger partial charge in [-0.3, -0.25) is 20.2 Å². The average molecular weight is 500 g/mol. The molecule has 2 heterocycles. The molecular formula is C24H29N5O5S. The van der Waals surface area contributed by atoms with E-state index in [4.69, 9.17) is 21.7 Å². The van der Waals surface area contributed by atoms with E-state index in [-0.39, 0.29) is 16.5 Å². The molecule has 0 aliphatic carbocycles. The third kappa shape index (κ3) is 5.98. The molecule has 2 aromatic rings. The second-order valence-corrected chi connectivity index (χ2v) is 8.61. The molecule has 0 saturated carbocycles. The van der Waals surface area contributed by atoms with Crippen LogP contribution in [-0.4, -0.2) is 79.9 Å². The van der Waals surface area contributed by atoms with E-state index >= 15 is 0 Å². The summed E-state index contributed by atoms with van der Waals surface area (Å²) in [5.41, 5.74) is 2.14. The lowest BCUT2D eigenvalue weighted by molar-refractivity contribution is -0.384. The number of rotatable bonds is 6. The predicted molar refractivity (Wildman–Crippen MR) is 138 cm³/mol. The molecule has 0 radical (unpaired) electrons. The third-order valence-electron chi connectivity index (χ3n) is 6.07. The standard InChI is InChI=1S/C24H29N5O5S/c1-2-34-20-5-3-4-18(16-20)23(30)25-24(35)28-10-8-26(9-11-28)19-6-7-21(29(31)32)22(17-19)27-12-14-33-15-13-27/h3-7,16-17H,2,8-15H2,1H3,(H,25,30,35). The Morgan fingerprint density at radius 1 is 1.09 bits per heavy atom. The van der Waals surface area contributed by atoms with Gasteiger partial charge in [0.15, 0.2) is 5.11 Å². The van der Waals surface area contributed by atoms with Crippen LogP contribution in [0.25, 0.3) is 0 Å². The van der Waals surface area contributed by atoms with Crippen molar-refractivity contribution in [2.75, 3.05) is 68.9 Å². The fraction of sp³-hybridized carbons (Fsp3) is 0.417. The number of amides is 1. The van der Waals surface area contributed by atoms with Crippen LogP contribution in [0.5, 0.6) is 5.75 Å². The monoisotopic (exact) mass is 499 g/mol. The quantitative estimate of drug-likeness (QED) is 0.365. The van der Waals surface area contributed by atoms with E-state index in [1.54, 1.807) is 36.4 Å². The van der Waals surface area contributed by atoms with Crippen molar-refractivity contribution < 1.29 is 19.2 Å². The number of nitro groups is 1. The maximum atomic E-state index is 12.7. The number of hydrogen-bond acceptors (Lipinski definition) is 8. The van der Waals surface area contributed by atoms with Gasteiger partial charge < -0.3 is 24.2 Å². The molecule has 186 valence electrons. The molecule has 35 heavy (non-hydrogen) atoms. The van der Waals surface area contributed by atoms with E-state index in [2.05, 4.69) is 10.2 Å². The van der Waals surface area contributed by atoms with Crippen LogP contribution in [0.3, 0.4) is 0 Å². The number of nitrogens with one attached hydrogen (secondary N) is 1. The maximum Gasteiger partial charge on any atom is 0.292 e. The van der Waals surface area contributed by atoms with Gasteiger partial charge in [-0.25, -0.2) is 0 Å². The molecule has 0 unspecified atom stereocenters. The molecule has 2 fully saturated rings. The van der Waals surface area contributed by atoms with Crippen molar-refractivity contribution >= 4 is 40.3 Å². The van der Waals surface area contributed by atoms with Gasteiger partial charge in [-0.05, 0) is 49.5 Å². The molecule has 2 aliphatic heterocycles. The highest BCUT2D eigenvalue weighted by molar-refractivity contribution is 7.80. The smallest absolute Gasteiger partial charge is 0.292 e. The first-order valence-electron chi connectivity index (χ1n) is 11.7. The van der Waals surface area contributed by atoms with Crippen molar-refractivity contribution in [3.63, 3.8) is 0 Å². The molecule has 0 aromatic heterocycles. The Morgan fingerprint density at radius 3 is 2.51 bits per heavy atom. The molecule has 2 aromatic carbocycles. The summed E-state index contributed by atoms with van der Waals surface area (Å²) in [6, 6.07) is 12.3. The average Bonchev–Trinajstić information content (AvgIpc) is 2.89. The van der Waals surface area contributed by atoms with Crippen LogP contribution in [-0.2, 0) is 4.74 Å². The molecule has 2 saturated heterocycles. The summed E-state index contributed by atoms with van der Waals surface area (Å²) < 4.78 is 10.9. The SMILES string of the molecule is CCOc1cccc(C(=O)NC(=S)N2CCN(c3ccc([N+](=O)[O-])c(N4CCOCC4)c3)CC2)c1. The second kappa shape index (κ2) is 11.3. The minimum Gasteiger partial charge on any atom is -0.494 e. The number of piperazine rings is 1. The Labute approximate surface area is 209 Å². The molecule has 11 heteroatoms. The lowest BCUT2D eigenvalue weighted by Crippen LogP contribution is -2.52. The number of hydrogen-bond donors (Lipinski definition) is 1. The highest BCUT2D eigenvalue weighted by Crippen LogP contribution is 2.33. The number of nitrogens with zero attached hydrogens (tertiary/aromatic N) is 4. The number of morpholine rings is 1. The van der Waals surface area contributed by atoms with E-state index in [9.17, 15) is 14.9 Å². The fourth-order valence-corrected chi connectivity index (χ4v) is 4.51. The summed E-state index contributed by atoms with van der Waals surface area (Å²) in [5.74, 6) is 0.365. The zero-order chi connectivity index (χ0) is 24.8. The molecule has 1 amide bonds. The Hall–Kier alpha value is -3.44. The summed E-state index contributed by atoms with van der Waals surface area (Å²) in [4.78, 5) is 30.1. The third-order valence-corrected chi connectivity index (χ3v) is 6.43. The van der Waals surface area contributed by atoms with Gasteiger partial charge in [-0.2, -0.15) is 0 Å². The zero-order valence-corrected chi connectivity index (χ0v) is 20.5. The van der Waals surface area contributed by atoms with Crippen molar-refractivity contribution in [2.24, 2.45) is 0 Å². The largest absolute Gasteiger partial charge is 0.494 e. The molecular weight excluding hydrogens is 470 g/mol. The van der Waals surface area contributed by atoms with Gasteiger partial charge in [0.2, 0.25) is 0 Å². The van der Waals surface area contributed by atoms with E-state index in [1.807, 2.05) is 22.8 Å². The molecule has 0 atom stereocenters. The van der Waals surface area contributed by atoms with E-state index in [0.717, 1.165) is 5.69 Å². The lowest BCUT2D eigenvalue weighted by atomic mass is 10.1. The van der Waals surface area contributed by atoms with E-state index in [1.165, 1.54) is 0 Å². The maximum absolute atomic E-state index is 12.7. The van der Waals surface area contributed by atoms with Gasteiger partial charge in [0.1, 0.15) is 11.4 Å². The van der Waals surface area contributed by atoms with E-state index in [0.29, 0.717) is 81.2 Å². The topological polar surface area (TPSA) is 100 Å². The number of nitro benzene ring substituents is 1. The Kier molecular flexibility index (Phi) is 7.98. The zero-order valence-electron chi connectivity index (χ0n) is 19.6. The lowest BCUT2D eigenvalue weighted by Gasteiger charge is -2.37. The number of thiocarbonyl (C=S) groups is 1. The minimum atomic E-state index is -0.336. The normalized spacial score (nSPS) is 16.1. The molecule has 10 nitrogen and oxygen atoms in total. The number of carbonyl (C=O) groups excluding carboxylic acids is 1. The first-order valence-corrected chi connectivity index (χ1v) is 12.1. The summed E-state index contributed by atoms with van der Waals surface area (Å²) in [7, 11) is 0. The predicted octanol–water partition coefficient (Wildman–Crippen LogP) is 2.67. The molecule has 2 aliphatic rings. The highest BCUT2D eigenvalue weighted by atomic mass is 32.1. The van der Waals surface area contributed by atoms with Gasteiger partial charge in [0.05, 0.1) is 24.7 Å². The van der Waals surface area contributed by atoms with Crippen molar-refractivity contribution in [3.05, 3.63) is 58.1 Å². The van der Waals surface area contributed by atoms with Crippen molar-refractivity contribution in [3.8, 4) is 5.75 Å². The number of carbonyl (C=O) groups is 1. The van der Waals surface area contributed by atoms with Crippen LogP contribution in [0.1, 0.15) is 17.3 Å². The summed E-state index contributed by atoms with van der Waals surface area (Å²) >= 11 is 5.49. The van der Waals surface area contributed by atoms with Gasteiger partial charge >= 0.3 is 0 Å². The van der Waals surface area contributed by atoms with Crippen LogP contribution < -0.4 is 19.9 Å². The molecule has 4 rings (SSSR count). The first-order chi connectivity index (χ1) is 17.0. The van der Waals surface area contributed by atoms with Gasteiger partial charge in [0, 0.05) is 56.6 Å². The van der Waals surface area contributed by atoms with E-state index < -0.39 is 0 Å². The van der Waals surface area contributed by atoms with Crippen LogP contribution in [0.2, 0.25) is 0 Å². The number of ether oxygens (including phenoxy) is 2. The van der Waals surface area contributed by atoms with Gasteiger partial charge in [-0.15, -0.1) is 0 Å². The van der Waals surface area contributed by atoms with Crippen LogP contribution in [0.15, 0.2) is 42.5 Å².